The van der Waals surface area contributed by atoms with Gasteiger partial charge in [-0.1, -0.05) is 12.1 Å². The Kier molecular flexibility index (Phi) is 6.58. The van der Waals surface area contributed by atoms with Gasteiger partial charge in [0.1, 0.15) is 0 Å². The molecule has 1 aliphatic heterocycles. The zero-order valence-electron chi connectivity index (χ0n) is 15.7. The van der Waals surface area contributed by atoms with Crippen LogP contribution in [0.3, 0.4) is 0 Å². The van der Waals surface area contributed by atoms with Gasteiger partial charge in [-0.3, -0.25) is 0 Å². The molecule has 0 radical (unpaired) electrons. The number of benzene rings is 1. The lowest BCUT2D eigenvalue weighted by Gasteiger charge is -2.36. The molecule has 27 heavy (non-hydrogen) atoms. The number of hydrogen-bond donors (Lipinski definition) is 2. The van der Waals surface area contributed by atoms with Crippen LogP contribution in [0.5, 0.6) is 11.5 Å². The molecule has 146 valence electrons. The van der Waals surface area contributed by atoms with Crippen LogP contribution in [-0.2, 0) is 16.7 Å². The average Bonchev–Trinajstić information content (AvgIpc) is 3.26. The zero-order chi connectivity index (χ0) is 19.1. The van der Waals surface area contributed by atoms with Crippen molar-refractivity contribution in [3.05, 3.63) is 46.2 Å². The summed E-state index contributed by atoms with van der Waals surface area (Å²) >= 11 is 1.74. The molecular formula is C20H26N2O4S. The number of urea groups is 1. The SMILES string of the molecule is COc1ccc(CNC(=O)NCC2(c3cccs3)CCOCC2)cc1OC. The van der Waals surface area contributed by atoms with E-state index in [4.69, 9.17) is 14.2 Å². The van der Waals surface area contributed by atoms with Crippen molar-refractivity contribution in [1.82, 2.24) is 10.6 Å². The maximum absolute atomic E-state index is 12.3. The van der Waals surface area contributed by atoms with Crippen LogP contribution in [0.2, 0.25) is 0 Å². The van der Waals surface area contributed by atoms with E-state index in [2.05, 4.69) is 28.1 Å². The van der Waals surface area contributed by atoms with E-state index in [9.17, 15) is 4.79 Å². The predicted octanol–water partition coefficient (Wildman–Crippen LogP) is 3.31. The molecule has 2 amide bonds. The van der Waals surface area contributed by atoms with Gasteiger partial charge in [0.25, 0.3) is 0 Å². The number of carbonyl (C=O) groups excluding carboxylic acids is 1. The summed E-state index contributed by atoms with van der Waals surface area (Å²) in [5, 5.41) is 8.05. The van der Waals surface area contributed by atoms with Crippen molar-refractivity contribution in [2.45, 2.75) is 24.8 Å². The molecular weight excluding hydrogens is 364 g/mol. The molecule has 0 unspecified atom stereocenters. The van der Waals surface area contributed by atoms with E-state index in [-0.39, 0.29) is 11.4 Å². The first-order valence-electron chi connectivity index (χ1n) is 9.01. The fraction of sp³-hybridized carbons (Fsp3) is 0.450. The van der Waals surface area contributed by atoms with Gasteiger partial charge in [-0.2, -0.15) is 0 Å². The smallest absolute Gasteiger partial charge is 0.315 e. The molecule has 2 heterocycles. The molecule has 6 nitrogen and oxygen atoms in total. The van der Waals surface area contributed by atoms with E-state index in [0.29, 0.717) is 24.6 Å². The summed E-state index contributed by atoms with van der Waals surface area (Å²) in [7, 11) is 3.20. The molecule has 1 fully saturated rings. The van der Waals surface area contributed by atoms with Gasteiger partial charge in [-0.05, 0) is 42.0 Å². The number of carbonyl (C=O) groups is 1. The fourth-order valence-corrected chi connectivity index (χ4v) is 4.32. The van der Waals surface area contributed by atoms with E-state index in [1.807, 2.05) is 18.2 Å². The summed E-state index contributed by atoms with van der Waals surface area (Å²) in [6.45, 7) is 2.48. The molecule has 0 aliphatic carbocycles. The number of amides is 2. The summed E-state index contributed by atoms with van der Waals surface area (Å²) in [4.78, 5) is 13.7. The van der Waals surface area contributed by atoms with Gasteiger partial charge in [0, 0.05) is 36.6 Å². The molecule has 1 aromatic heterocycles. The predicted molar refractivity (Wildman–Crippen MR) is 106 cm³/mol. The van der Waals surface area contributed by atoms with Crippen molar-refractivity contribution in [2.24, 2.45) is 0 Å². The lowest BCUT2D eigenvalue weighted by molar-refractivity contribution is 0.0519. The highest BCUT2D eigenvalue weighted by Crippen LogP contribution is 2.37. The first-order valence-corrected chi connectivity index (χ1v) is 9.89. The molecule has 0 spiro atoms. The maximum Gasteiger partial charge on any atom is 0.315 e. The normalized spacial score (nSPS) is 15.8. The molecule has 0 atom stereocenters. The van der Waals surface area contributed by atoms with Crippen LogP contribution in [0.15, 0.2) is 35.7 Å². The van der Waals surface area contributed by atoms with Crippen LogP contribution in [-0.4, -0.2) is 40.0 Å². The summed E-state index contributed by atoms with van der Waals surface area (Å²) in [6.07, 6.45) is 1.84. The van der Waals surface area contributed by atoms with Gasteiger partial charge in [-0.25, -0.2) is 4.79 Å². The van der Waals surface area contributed by atoms with Crippen molar-refractivity contribution < 1.29 is 19.0 Å². The van der Waals surface area contributed by atoms with Gasteiger partial charge >= 0.3 is 6.03 Å². The Bertz CT molecular complexity index is 742. The first-order chi connectivity index (χ1) is 13.2. The van der Waals surface area contributed by atoms with E-state index in [1.54, 1.807) is 25.6 Å². The second-order valence-electron chi connectivity index (χ2n) is 6.60. The Morgan fingerprint density at radius 3 is 2.59 bits per heavy atom. The Morgan fingerprint density at radius 2 is 1.93 bits per heavy atom. The van der Waals surface area contributed by atoms with Gasteiger partial charge in [0.2, 0.25) is 0 Å². The lowest BCUT2D eigenvalue weighted by atomic mass is 9.78. The highest BCUT2D eigenvalue weighted by Gasteiger charge is 2.35. The third-order valence-corrected chi connectivity index (χ3v) is 6.10. The van der Waals surface area contributed by atoms with Crippen molar-refractivity contribution in [2.75, 3.05) is 34.0 Å². The van der Waals surface area contributed by atoms with Crippen LogP contribution >= 0.6 is 11.3 Å². The van der Waals surface area contributed by atoms with Crippen LogP contribution < -0.4 is 20.1 Å². The van der Waals surface area contributed by atoms with Crippen molar-refractivity contribution in [1.29, 1.82) is 0 Å². The Balaban J connectivity index is 1.56. The van der Waals surface area contributed by atoms with Crippen molar-refractivity contribution in [3.63, 3.8) is 0 Å². The van der Waals surface area contributed by atoms with Gasteiger partial charge < -0.3 is 24.8 Å². The third-order valence-electron chi connectivity index (χ3n) is 4.98. The van der Waals surface area contributed by atoms with E-state index in [0.717, 1.165) is 31.6 Å². The lowest BCUT2D eigenvalue weighted by Crippen LogP contribution is -2.46. The number of thiophene rings is 1. The quantitative estimate of drug-likeness (QED) is 0.761. The summed E-state index contributed by atoms with van der Waals surface area (Å²) in [5.41, 5.74) is 0.912. The minimum atomic E-state index is -0.174. The monoisotopic (exact) mass is 390 g/mol. The Labute approximate surface area is 163 Å². The molecule has 1 saturated heterocycles. The Morgan fingerprint density at radius 1 is 1.15 bits per heavy atom. The molecule has 3 rings (SSSR count). The minimum absolute atomic E-state index is 0.0346. The third kappa shape index (κ3) is 4.73. The van der Waals surface area contributed by atoms with Gasteiger partial charge in [0.05, 0.1) is 14.2 Å². The molecule has 2 N–H and O–H groups in total. The molecule has 7 heteroatoms. The average molecular weight is 391 g/mol. The van der Waals surface area contributed by atoms with Crippen LogP contribution in [0.4, 0.5) is 4.79 Å². The summed E-state index contributed by atoms with van der Waals surface area (Å²) in [5.74, 6) is 1.32. The van der Waals surface area contributed by atoms with E-state index < -0.39 is 0 Å². The summed E-state index contributed by atoms with van der Waals surface area (Å²) in [6, 6.07) is 9.65. The number of hydrogen-bond acceptors (Lipinski definition) is 5. The topological polar surface area (TPSA) is 68.8 Å². The highest BCUT2D eigenvalue weighted by atomic mass is 32.1. The van der Waals surface area contributed by atoms with Crippen molar-refractivity contribution in [3.8, 4) is 11.5 Å². The number of ether oxygens (including phenoxy) is 3. The first kappa shape index (κ1) is 19.5. The number of rotatable bonds is 7. The van der Waals surface area contributed by atoms with E-state index >= 15 is 0 Å². The molecule has 1 aromatic carbocycles. The number of nitrogens with one attached hydrogen (secondary N) is 2. The zero-order valence-corrected chi connectivity index (χ0v) is 16.6. The molecule has 0 bridgehead atoms. The van der Waals surface area contributed by atoms with Crippen LogP contribution in [0.25, 0.3) is 0 Å². The molecule has 2 aromatic rings. The minimum Gasteiger partial charge on any atom is -0.493 e. The second kappa shape index (κ2) is 9.10. The summed E-state index contributed by atoms with van der Waals surface area (Å²) < 4.78 is 16.1. The second-order valence-corrected chi connectivity index (χ2v) is 7.54. The van der Waals surface area contributed by atoms with Crippen LogP contribution in [0.1, 0.15) is 23.3 Å². The maximum atomic E-state index is 12.3. The molecule has 1 aliphatic rings. The molecule has 0 saturated carbocycles. The van der Waals surface area contributed by atoms with Crippen LogP contribution in [0, 0.1) is 0 Å². The van der Waals surface area contributed by atoms with Gasteiger partial charge in [0.15, 0.2) is 11.5 Å². The number of methoxy groups -OCH3 is 2. The Hall–Kier alpha value is -2.25. The highest BCUT2D eigenvalue weighted by molar-refractivity contribution is 7.10. The largest absolute Gasteiger partial charge is 0.493 e. The standard InChI is InChI=1S/C20H26N2O4S/c1-24-16-6-5-15(12-17(16)25-2)13-21-19(23)22-14-20(7-9-26-10-8-20)18-4-3-11-27-18/h3-6,11-12H,7-10,13-14H2,1-2H3,(H2,21,22,23). The van der Waals surface area contributed by atoms with Crippen molar-refractivity contribution >= 4 is 17.4 Å². The van der Waals surface area contributed by atoms with Gasteiger partial charge in [-0.15, -0.1) is 11.3 Å². The fourth-order valence-electron chi connectivity index (χ4n) is 3.34. The van der Waals surface area contributed by atoms with E-state index in [1.165, 1.54) is 4.88 Å².